The van der Waals surface area contributed by atoms with Crippen molar-refractivity contribution in [2.24, 2.45) is 0 Å². The quantitative estimate of drug-likeness (QED) is 0.829. The van der Waals surface area contributed by atoms with Crippen LogP contribution in [-0.2, 0) is 11.3 Å². The third kappa shape index (κ3) is 3.99. The molecule has 1 atom stereocenters. The van der Waals surface area contributed by atoms with Gasteiger partial charge in [0, 0.05) is 6.54 Å². The normalized spacial score (nSPS) is 12.5. The van der Waals surface area contributed by atoms with Gasteiger partial charge in [0.1, 0.15) is 5.82 Å². The van der Waals surface area contributed by atoms with Crippen LogP contribution in [0.3, 0.4) is 0 Å². The molecule has 3 nitrogen and oxygen atoms in total. The highest BCUT2D eigenvalue weighted by Crippen LogP contribution is 2.18. The Kier molecular flexibility index (Phi) is 5.56. The van der Waals surface area contributed by atoms with Gasteiger partial charge in [-0.25, -0.2) is 4.98 Å². The van der Waals surface area contributed by atoms with Crippen LogP contribution in [0.1, 0.15) is 32.9 Å². The van der Waals surface area contributed by atoms with Crippen LogP contribution in [0.25, 0.3) is 0 Å². The third-order valence-electron chi connectivity index (χ3n) is 2.36. The maximum Gasteiger partial charge on any atom is 0.126 e. The average molecular weight is 243 g/mol. The first-order chi connectivity index (χ1) is 7.67. The molecule has 1 aromatic heterocycles. The van der Waals surface area contributed by atoms with E-state index in [2.05, 4.69) is 17.2 Å². The number of anilines is 1. The molecular weight excluding hydrogens is 224 g/mol. The van der Waals surface area contributed by atoms with E-state index in [1.807, 2.05) is 26.0 Å². The maximum atomic E-state index is 6.05. The van der Waals surface area contributed by atoms with Crippen molar-refractivity contribution >= 4 is 17.4 Å². The van der Waals surface area contributed by atoms with E-state index in [1.165, 1.54) is 0 Å². The van der Waals surface area contributed by atoms with Gasteiger partial charge in [0.05, 0.1) is 23.4 Å². The fourth-order valence-corrected chi connectivity index (χ4v) is 1.36. The van der Waals surface area contributed by atoms with E-state index in [-0.39, 0.29) is 6.10 Å². The van der Waals surface area contributed by atoms with Crippen molar-refractivity contribution in [2.75, 3.05) is 11.9 Å². The van der Waals surface area contributed by atoms with Crippen molar-refractivity contribution in [3.8, 4) is 0 Å². The zero-order chi connectivity index (χ0) is 12.0. The van der Waals surface area contributed by atoms with Gasteiger partial charge in [-0.1, -0.05) is 18.5 Å². The molecule has 0 bridgehead atoms. The van der Waals surface area contributed by atoms with Crippen LogP contribution < -0.4 is 5.32 Å². The van der Waals surface area contributed by atoms with Gasteiger partial charge in [0.25, 0.3) is 0 Å². The van der Waals surface area contributed by atoms with Gasteiger partial charge in [0.15, 0.2) is 0 Å². The minimum Gasteiger partial charge on any atom is -0.372 e. The fraction of sp³-hybridized carbons (Fsp3) is 0.583. The van der Waals surface area contributed by atoms with Crippen LogP contribution in [0.5, 0.6) is 0 Å². The molecule has 0 fully saturated rings. The summed E-state index contributed by atoms with van der Waals surface area (Å²) in [5.74, 6) is 0.842. The van der Waals surface area contributed by atoms with E-state index in [9.17, 15) is 0 Å². The van der Waals surface area contributed by atoms with Gasteiger partial charge in [-0.15, -0.1) is 0 Å². The Balaban J connectivity index is 2.66. The first-order valence-corrected chi connectivity index (χ1v) is 6.06. The van der Waals surface area contributed by atoms with E-state index in [4.69, 9.17) is 16.3 Å². The number of pyridine rings is 1. The highest BCUT2D eigenvalue weighted by atomic mass is 35.5. The SMILES string of the molecule is CCNc1ccc(Cl)c(COC(C)CC)n1. The summed E-state index contributed by atoms with van der Waals surface area (Å²) in [5.41, 5.74) is 0.792. The second kappa shape index (κ2) is 6.71. The second-order valence-corrected chi connectivity index (χ2v) is 4.09. The molecular formula is C12H19ClN2O. The first-order valence-electron chi connectivity index (χ1n) is 5.68. The number of nitrogens with one attached hydrogen (secondary N) is 1. The maximum absolute atomic E-state index is 6.05. The molecule has 1 heterocycles. The van der Waals surface area contributed by atoms with Crippen molar-refractivity contribution < 1.29 is 4.74 Å². The number of hydrogen-bond acceptors (Lipinski definition) is 3. The minimum atomic E-state index is 0.237. The summed E-state index contributed by atoms with van der Waals surface area (Å²) in [6.07, 6.45) is 1.23. The number of ether oxygens (including phenoxy) is 1. The number of aromatic nitrogens is 1. The number of rotatable bonds is 6. The molecule has 4 heteroatoms. The second-order valence-electron chi connectivity index (χ2n) is 3.69. The Bertz CT molecular complexity index is 331. The molecule has 1 rings (SSSR count). The summed E-state index contributed by atoms with van der Waals surface area (Å²) in [7, 11) is 0. The van der Waals surface area contributed by atoms with Crippen molar-refractivity contribution in [2.45, 2.75) is 39.9 Å². The van der Waals surface area contributed by atoms with Gasteiger partial charge in [0.2, 0.25) is 0 Å². The lowest BCUT2D eigenvalue weighted by Crippen LogP contribution is -2.08. The monoisotopic (exact) mass is 242 g/mol. The summed E-state index contributed by atoms with van der Waals surface area (Å²) >= 11 is 6.05. The molecule has 0 amide bonds. The molecule has 0 saturated heterocycles. The van der Waals surface area contributed by atoms with Crippen LogP contribution in [0.4, 0.5) is 5.82 Å². The van der Waals surface area contributed by atoms with Crippen LogP contribution in [0.2, 0.25) is 5.02 Å². The Morgan fingerprint density at radius 3 is 2.81 bits per heavy atom. The zero-order valence-corrected chi connectivity index (χ0v) is 10.8. The highest BCUT2D eigenvalue weighted by Gasteiger charge is 2.06. The van der Waals surface area contributed by atoms with E-state index in [0.29, 0.717) is 11.6 Å². The summed E-state index contributed by atoms with van der Waals surface area (Å²) in [5, 5.41) is 3.81. The Morgan fingerprint density at radius 2 is 2.19 bits per heavy atom. The summed E-state index contributed by atoms with van der Waals surface area (Å²) < 4.78 is 5.62. The molecule has 16 heavy (non-hydrogen) atoms. The van der Waals surface area contributed by atoms with Crippen molar-refractivity contribution in [3.05, 3.63) is 22.8 Å². The molecule has 0 aliphatic rings. The molecule has 1 N–H and O–H groups in total. The van der Waals surface area contributed by atoms with E-state index < -0.39 is 0 Å². The standard InChI is InChI=1S/C12H19ClN2O/c1-4-9(3)16-8-11-10(13)6-7-12(15-11)14-5-2/h6-7,9H,4-5,8H2,1-3H3,(H,14,15). The van der Waals surface area contributed by atoms with E-state index in [0.717, 1.165) is 24.5 Å². The van der Waals surface area contributed by atoms with Gasteiger partial charge in [-0.2, -0.15) is 0 Å². The number of hydrogen-bond donors (Lipinski definition) is 1. The predicted molar refractivity (Wildman–Crippen MR) is 68.0 cm³/mol. The molecule has 0 spiro atoms. The fourth-order valence-electron chi connectivity index (χ4n) is 1.20. The lowest BCUT2D eigenvalue weighted by atomic mass is 10.3. The van der Waals surface area contributed by atoms with Gasteiger partial charge >= 0.3 is 0 Å². The third-order valence-corrected chi connectivity index (χ3v) is 2.70. The Morgan fingerprint density at radius 1 is 1.44 bits per heavy atom. The van der Waals surface area contributed by atoms with E-state index >= 15 is 0 Å². The molecule has 90 valence electrons. The van der Waals surface area contributed by atoms with Crippen molar-refractivity contribution in [1.82, 2.24) is 4.98 Å². The summed E-state index contributed by atoms with van der Waals surface area (Å²) in [4.78, 5) is 4.40. The molecule has 0 aromatic carbocycles. The predicted octanol–water partition coefficient (Wildman–Crippen LogP) is 3.48. The molecule has 0 radical (unpaired) electrons. The number of nitrogens with zero attached hydrogens (tertiary/aromatic N) is 1. The Labute approximate surface area is 102 Å². The largest absolute Gasteiger partial charge is 0.372 e. The molecule has 1 unspecified atom stereocenters. The topological polar surface area (TPSA) is 34.1 Å². The lowest BCUT2D eigenvalue weighted by molar-refractivity contribution is 0.0490. The molecule has 1 aromatic rings. The smallest absolute Gasteiger partial charge is 0.126 e. The highest BCUT2D eigenvalue weighted by molar-refractivity contribution is 6.31. The molecule has 0 aliphatic heterocycles. The zero-order valence-electron chi connectivity index (χ0n) is 10.1. The molecule has 0 saturated carbocycles. The minimum absolute atomic E-state index is 0.237. The Hall–Kier alpha value is -0.800. The van der Waals surface area contributed by atoms with Crippen LogP contribution in [-0.4, -0.2) is 17.6 Å². The van der Waals surface area contributed by atoms with Crippen molar-refractivity contribution in [1.29, 1.82) is 0 Å². The van der Waals surface area contributed by atoms with Gasteiger partial charge in [-0.05, 0) is 32.4 Å². The lowest BCUT2D eigenvalue weighted by Gasteiger charge is -2.12. The van der Waals surface area contributed by atoms with Crippen LogP contribution >= 0.6 is 11.6 Å². The first kappa shape index (κ1) is 13.3. The van der Waals surface area contributed by atoms with Crippen LogP contribution in [0.15, 0.2) is 12.1 Å². The number of halogens is 1. The summed E-state index contributed by atoms with van der Waals surface area (Å²) in [6.45, 7) is 7.48. The van der Waals surface area contributed by atoms with Gasteiger partial charge in [-0.3, -0.25) is 0 Å². The van der Waals surface area contributed by atoms with Crippen molar-refractivity contribution in [3.63, 3.8) is 0 Å². The van der Waals surface area contributed by atoms with Crippen LogP contribution in [0, 0.1) is 0 Å². The summed E-state index contributed by atoms with van der Waals surface area (Å²) in [6, 6.07) is 3.72. The molecule has 0 aliphatic carbocycles. The average Bonchev–Trinajstić information content (AvgIpc) is 2.29. The van der Waals surface area contributed by atoms with Gasteiger partial charge < -0.3 is 10.1 Å². The van der Waals surface area contributed by atoms with E-state index in [1.54, 1.807) is 0 Å².